The van der Waals surface area contributed by atoms with Crippen LogP contribution in [0.5, 0.6) is 0 Å². The van der Waals surface area contributed by atoms with E-state index in [4.69, 9.17) is 5.73 Å². The van der Waals surface area contributed by atoms with Crippen molar-refractivity contribution in [2.45, 2.75) is 31.1 Å². The smallest absolute Gasteiger partial charge is 0.339 e. The summed E-state index contributed by atoms with van der Waals surface area (Å²) in [5, 5.41) is 0. The Morgan fingerprint density at radius 2 is 2.10 bits per heavy atom. The number of sulfonamides is 1. The van der Waals surface area contributed by atoms with Crippen molar-refractivity contribution in [1.82, 2.24) is 4.72 Å². The first kappa shape index (κ1) is 15.8. The van der Waals surface area contributed by atoms with Crippen LogP contribution in [0.1, 0.15) is 36.5 Å². The van der Waals surface area contributed by atoms with Crippen LogP contribution < -0.4 is 10.5 Å². The number of nitrogens with one attached hydrogen (secondary N) is 1. The maximum atomic E-state index is 12.4. The molecule has 0 aromatic heterocycles. The number of benzene rings is 1. The fourth-order valence-corrected chi connectivity index (χ4v) is 3.73. The van der Waals surface area contributed by atoms with Gasteiger partial charge in [-0.1, -0.05) is 13.3 Å². The molecule has 0 spiro atoms. The Labute approximate surface area is 124 Å². The Bertz CT molecular complexity index is 651. The molecule has 116 valence electrons. The largest absolute Gasteiger partial charge is 0.465 e. The van der Waals surface area contributed by atoms with Gasteiger partial charge in [-0.2, -0.15) is 0 Å². The van der Waals surface area contributed by atoms with E-state index in [1.54, 1.807) is 0 Å². The predicted molar refractivity (Wildman–Crippen MR) is 79.3 cm³/mol. The molecule has 0 saturated heterocycles. The minimum Gasteiger partial charge on any atom is -0.465 e. The van der Waals surface area contributed by atoms with Gasteiger partial charge in [-0.15, -0.1) is 0 Å². The van der Waals surface area contributed by atoms with Crippen LogP contribution in [0.4, 0.5) is 5.69 Å². The molecule has 0 bridgehead atoms. The summed E-state index contributed by atoms with van der Waals surface area (Å²) in [7, 11) is -2.58. The fraction of sp³-hybridized carbons (Fsp3) is 0.500. The summed E-state index contributed by atoms with van der Waals surface area (Å²) in [4.78, 5) is 11.6. The number of esters is 1. The molecule has 1 aromatic carbocycles. The van der Waals surface area contributed by atoms with Crippen molar-refractivity contribution in [2.24, 2.45) is 5.41 Å². The van der Waals surface area contributed by atoms with Crippen LogP contribution in [0.15, 0.2) is 23.1 Å². The maximum Gasteiger partial charge on any atom is 0.339 e. The van der Waals surface area contributed by atoms with Crippen molar-refractivity contribution >= 4 is 21.7 Å². The number of anilines is 1. The van der Waals surface area contributed by atoms with Gasteiger partial charge in [0.25, 0.3) is 0 Å². The minimum absolute atomic E-state index is 0.00626. The lowest BCUT2D eigenvalue weighted by Crippen LogP contribution is -2.40. The summed E-state index contributed by atoms with van der Waals surface area (Å²) in [6.07, 6.45) is 3.12. The fourth-order valence-electron chi connectivity index (χ4n) is 2.36. The molecule has 0 aliphatic heterocycles. The number of hydrogen-bond donors (Lipinski definition) is 2. The Morgan fingerprint density at radius 3 is 2.62 bits per heavy atom. The number of carbonyl (C=O) groups is 1. The monoisotopic (exact) mass is 312 g/mol. The first-order valence-corrected chi connectivity index (χ1v) is 8.23. The lowest BCUT2D eigenvalue weighted by Gasteiger charge is -2.38. The van der Waals surface area contributed by atoms with E-state index in [1.807, 2.05) is 6.92 Å². The number of nitrogens with two attached hydrogens (primary N) is 1. The second-order valence-corrected chi connectivity index (χ2v) is 7.47. The summed E-state index contributed by atoms with van der Waals surface area (Å²) in [6, 6.07) is 4.09. The van der Waals surface area contributed by atoms with Gasteiger partial charge < -0.3 is 10.5 Å². The van der Waals surface area contributed by atoms with Crippen LogP contribution in [0.3, 0.4) is 0 Å². The highest BCUT2D eigenvalue weighted by Crippen LogP contribution is 2.39. The highest BCUT2D eigenvalue weighted by Gasteiger charge is 2.33. The summed E-state index contributed by atoms with van der Waals surface area (Å²) >= 11 is 0. The molecule has 0 unspecified atom stereocenters. The number of carbonyl (C=O) groups excluding carboxylic acids is 1. The highest BCUT2D eigenvalue weighted by atomic mass is 32.2. The summed E-state index contributed by atoms with van der Waals surface area (Å²) in [5.74, 6) is -0.725. The molecular formula is C14H20N2O4S. The molecule has 2 rings (SSSR count). The number of rotatable bonds is 5. The Morgan fingerprint density at radius 1 is 1.43 bits per heavy atom. The standard InChI is InChI=1S/C14H20N2O4S/c1-14(6-3-7-14)9-16-21(18,19)12-5-4-10(15)8-11(12)13(17)20-2/h4-5,8,16H,3,6-7,9,15H2,1-2H3. The van der Waals surface area contributed by atoms with Gasteiger partial charge in [0.2, 0.25) is 10.0 Å². The average molecular weight is 312 g/mol. The van der Waals surface area contributed by atoms with Crippen LogP contribution in [-0.2, 0) is 14.8 Å². The summed E-state index contributed by atoms with van der Waals surface area (Å²) in [5.41, 5.74) is 5.87. The van der Waals surface area contributed by atoms with E-state index in [2.05, 4.69) is 9.46 Å². The maximum absolute atomic E-state index is 12.4. The van der Waals surface area contributed by atoms with Crippen molar-refractivity contribution in [3.05, 3.63) is 23.8 Å². The Kier molecular flexibility index (Phi) is 4.25. The Balaban J connectivity index is 2.28. The zero-order valence-corrected chi connectivity index (χ0v) is 13.0. The van der Waals surface area contributed by atoms with E-state index in [-0.39, 0.29) is 15.9 Å². The van der Waals surface area contributed by atoms with Crippen molar-refractivity contribution < 1.29 is 17.9 Å². The second kappa shape index (κ2) is 5.65. The molecule has 7 heteroatoms. The van der Waals surface area contributed by atoms with Gasteiger partial charge in [-0.25, -0.2) is 17.9 Å². The van der Waals surface area contributed by atoms with Gasteiger partial charge in [0.05, 0.1) is 17.6 Å². The molecule has 1 fully saturated rings. The zero-order valence-electron chi connectivity index (χ0n) is 12.2. The molecule has 21 heavy (non-hydrogen) atoms. The van der Waals surface area contributed by atoms with Gasteiger partial charge in [0.1, 0.15) is 0 Å². The van der Waals surface area contributed by atoms with Crippen LogP contribution in [-0.4, -0.2) is 28.0 Å². The van der Waals surface area contributed by atoms with Gasteiger partial charge in [-0.05, 0) is 36.5 Å². The minimum atomic E-state index is -3.78. The molecule has 1 aliphatic carbocycles. The summed E-state index contributed by atoms with van der Waals surface area (Å²) in [6.45, 7) is 2.41. The van der Waals surface area contributed by atoms with Crippen LogP contribution in [0.25, 0.3) is 0 Å². The third-order valence-electron chi connectivity index (χ3n) is 3.95. The molecule has 6 nitrogen and oxygen atoms in total. The molecule has 0 amide bonds. The zero-order chi connectivity index (χ0) is 15.7. The van der Waals surface area contributed by atoms with Gasteiger partial charge >= 0.3 is 5.97 Å². The van der Waals surface area contributed by atoms with Crippen LogP contribution in [0, 0.1) is 5.41 Å². The third-order valence-corrected chi connectivity index (χ3v) is 5.41. The first-order chi connectivity index (χ1) is 9.77. The molecular weight excluding hydrogens is 292 g/mol. The van der Waals surface area contributed by atoms with E-state index >= 15 is 0 Å². The van der Waals surface area contributed by atoms with Gasteiger partial charge in [0, 0.05) is 12.2 Å². The van der Waals surface area contributed by atoms with Gasteiger partial charge in [0.15, 0.2) is 0 Å². The van der Waals surface area contributed by atoms with E-state index < -0.39 is 16.0 Å². The van der Waals surface area contributed by atoms with Crippen LogP contribution in [0.2, 0.25) is 0 Å². The molecule has 1 aromatic rings. The number of methoxy groups -OCH3 is 1. The molecule has 0 radical (unpaired) electrons. The number of hydrogen-bond acceptors (Lipinski definition) is 5. The van der Waals surface area contributed by atoms with Crippen molar-refractivity contribution in [3.63, 3.8) is 0 Å². The van der Waals surface area contributed by atoms with Crippen molar-refractivity contribution in [2.75, 3.05) is 19.4 Å². The lowest BCUT2D eigenvalue weighted by atomic mass is 9.71. The highest BCUT2D eigenvalue weighted by molar-refractivity contribution is 7.89. The predicted octanol–water partition coefficient (Wildman–Crippen LogP) is 1.52. The second-order valence-electron chi connectivity index (χ2n) is 5.74. The topological polar surface area (TPSA) is 98.5 Å². The molecule has 1 saturated carbocycles. The number of nitrogen functional groups attached to an aromatic ring is 1. The third kappa shape index (κ3) is 3.36. The lowest BCUT2D eigenvalue weighted by molar-refractivity contribution is 0.0596. The summed E-state index contributed by atoms with van der Waals surface area (Å²) < 4.78 is 32.0. The van der Waals surface area contributed by atoms with Crippen molar-refractivity contribution in [1.29, 1.82) is 0 Å². The molecule has 0 heterocycles. The quantitative estimate of drug-likeness (QED) is 0.634. The average Bonchev–Trinajstić information content (AvgIpc) is 2.42. The molecule has 3 N–H and O–H groups in total. The van der Waals surface area contributed by atoms with Gasteiger partial charge in [-0.3, -0.25) is 0 Å². The van der Waals surface area contributed by atoms with Crippen molar-refractivity contribution in [3.8, 4) is 0 Å². The van der Waals surface area contributed by atoms with E-state index in [9.17, 15) is 13.2 Å². The molecule has 1 aliphatic rings. The van der Waals surface area contributed by atoms with E-state index in [0.29, 0.717) is 12.2 Å². The first-order valence-electron chi connectivity index (χ1n) is 6.75. The van der Waals surface area contributed by atoms with Crippen LogP contribution >= 0.6 is 0 Å². The SMILES string of the molecule is COC(=O)c1cc(N)ccc1S(=O)(=O)NCC1(C)CCC1. The van der Waals surface area contributed by atoms with E-state index in [1.165, 1.54) is 25.3 Å². The van der Waals surface area contributed by atoms with E-state index in [0.717, 1.165) is 19.3 Å². The Hall–Kier alpha value is -1.60. The number of ether oxygens (including phenoxy) is 1. The molecule has 0 atom stereocenters. The normalized spacial score (nSPS) is 17.0.